The van der Waals surface area contributed by atoms with E-state index in [1.54, 1.807) is 6.07 Å². The molecule has 0 amide bonds. The Kier molecular flexibility index (Phi) is 2.80. The van der Waals surface area contributed by atoms with Crippen molar-refractivity contribution < 1.29 is 5.11 Å². The number of aromatic nitrogens is 2. The molecule has 0 aliphatic carbocycles. The van der Waals surface area contributed by atoms with Crippen LogP contribution in [-0.2, 0) is 0 Å². The minimum atomic E-state index is -0.469. The highest BCUT2D eigenvalue weighted by atomic mass is 35.5. The van der Waals surface area contributed by atoms with Crippen LogP contribution in [0, 0.1) is 0 Å². The summed E-state index contributed by atoms with van der Waals surface area (Å²) in [6, 6.07) is 2.05. The number of nitrogens with zero attached hydrogens (tertiary/aromatic N) is 3. The Hall–Kier alpha value is -0.870. The fraction of sp³-hybridized carbons (Fsp3) is 0.600. The van der Waals surface area contributed by atoms with E-state index in [4.69, 9.17) is 11.6 Å². The molecule has 5 heteroatoms. The zero-order chi connectivity index (χ0) is 11.0. The molecule has 1 aromatic heterocycles. The van der Waals surface area contributed by atoms with Crippen molar-refractivity contribution in [3.05, 3.63) is 16.8 Å². The Morgan fingerprint density at radius 1 is 1.53 bits per heavy atom. The molecule has 1 aliphatic rings. The van der Waals surface area contributed by atoms with Gasteiger partial charge in [0, 0.05) is 18.2 Å². The number of aliphatic hydroxyl groups is 1. The number of hydrogen-bond donors (Lipinski definition) is 1. The largest absolute Gasteiger partial charge is 0.388 e. The summed E-state index contributed by atoms with van der Waals surface area (Å²) in [6.45, 7) is 5.00. The average Bonchev–Trinajstić information content (AvgIpc) is 2.19. The van der Waals surface area contributed by atoms with Gasteiger partial charge in [0.1, 0.15) is 0 Å². The topological polar surface area (TPSA) is 49.2 Å². The Morgan fingerprint density at radius 3 is 2.93 bits per heavy atom. The third-order valence-corrected chi connectivity index (χ3v) is 2.86. The van der Waals surface area contributed by atoms with Crippen molar-refractivity contribution in [3.63, 3.8) is 0 Å². The molecule has 1 unspecified atom stereocenters. The van der Waals surface area contributed by atoms with Gasteiger partial charge < -0.3 is 10.0 Å². The highest BCUT2D eigenvalue weighted by molar-refractivity contribution is 6.29. The van der Waals surface area contributed by atoms with Gasteiger partial charge in [0.05, 0.1) is 6.10 Å². The Bertz CT molecular complexity index is 370. The van der Waals surface area contributed by atoms with E-state index >= 15 is 0 Å². The summed E-state index contributed by atoms with van der Waals surface area (Å²) in [7, 11) is 0. The molecule has 1 N–H and O–H groups in total. The first-order valence-electron chi connectivity index (χ1n) is 5.07. The van der Waals surface area contributed by atoms with Crippen LogP contribution in [0.25, 0.3) is 0 Å². The van der Waals surface area contributed by atoms with Crippen LogP contribution >= 0.6 is 11.6 Å². The minimum Gasteiger partial charge on any atom is -0.388 e. The summed E-state index contributed by atoms with van der Waals surface area (Å²) in [6.07, 6.45) is 0.246. The molecule has 0 bridgehead atoms. The van der Waals surface area contributed by atoms with E-state index in [0.29, 0.717) is 17.6 Å². The van der Waals surface area contributed by atoms with Gasteiger partial charge in [-0.05, 0) is 26.3 Å². The smallest absolute Gasteiger partial charge is 0.157 e. The van der Waals surface area contributed by atoms with Crippen LogP contribution in [0.1, 0.15) is 31.9 Å². The maximum absolute atomic E-state index is 9.83. The summed E-state index contributed by atoms with van der Waals surface area (Å²) >= 11 is 5.77. The van der Waals surface area contributed by atoms with Gasteiger partial charge >= 0.3 is 0 Å². The summed E-state index contributed by atoms with van der Waals surface area (Å²) in [5.74, 6) is 0.758. The summed E-state index contributed by atoms with van der Waals surface area (Å²) in [5, 5.41) is 18.0. The second-order valence-corrected chi connectivity index (χ2v) is 4.42. The van der Waals surface area contributed by atoms with Crippen molar-refractivity contribution in [2.75, 3.05) is 11.4 Å². The summed E-state index contributed by atoms with van der Waals surface area (Å²) in [4.78, 5) is 2.13. The zero-order valence-electron chi connectivity index (χ0n) is 8.81. The van der Waals surface area contributed by atoms with Crippen molar-refractivity contribution in [1.82, 2.24) is 10.2 Å². The summed E-state index contributed by atoms with van der Waals surface area (Å²) < 4.78 is 0. The first-order valence-corrected chi connectivity index (χ1v) is 5.45. The molecule has 2 heterocycles. The third-order valence-electron chi connectivity index (χ3n) is 2.67. The van der Waals surface area contributed by atoms with Crippen LogP contribution in [0.3, 0.4) is 0 Å². The molecular formula is C10H14ClN3O. The van der Waals surface area contributed by atoms with Crippen molar-refractivity contribution in [1.29, 1.82) is 0 Å². The zero-order valence-corrected chi connectivity index (χ0v) is 9.57. The maximum atomic E-state index is 9.83. The molecule has 0 saturated heterocycles. The lowest BCUT2D eigenvalue weighted by Gasteiger charge is -2.34. The first kappa shape index (κ1) is 10.6. The van der Waals surface area contributed by atoms with Gasteiger partial charge in [-0.2, -0.15) is 0 Å². The number of hydrogen-bond acceptors (Lipinski definition) is 4. The van der Waals surface area contributed by atoms with E-state index in [1.807, 2.05) is 0 Å². The van der Waals surface area contributed by atoms with Crippen molar-refractivity contribution in [3.8, 4) is 0 Å². The number of fused-ring (bicyclic) bond motifs is 1. The van der Waals surface area contributed by atoms with E-state index < -0.39 is 6.10 Å². The number of aliphatic hydroxyl groups excluding tert-OH is 1. The van der Waals surface area contributed by atoms with Crippen molar-refractivity contribution in [2.24, 2.45) is 0 Å². The van der Waals surface area contributed by atoms with Crippen LogP contribution < -0.4 is 4.90 Å². The first-order chi connectivity index (χ1) is 7.09. The van der Waals surface area contributed by atoms with Crippen LogP contribution in [0.5, 0.6) is 0 Å². The lowest BCUT2D eigenvalue weighted by Crippen LogP contribution is -2.37. The Labute approximate surface area is 93.9 Å². The molecule has 1 aliphatic heterocycles. The normalized spacial score (nSPS) is 20.6. The Morgan fingerprint density at radius 2 is 2.27 bits per heavy atom. The number of anilines is 1. The number of rotatable bonds is 1. The van der Waals surface area contributed by atoms with Gasteiger partial charge in [-0.25, -0.2) is 0 Å². The van der Waals surface area contributed by atoms with Gasteiger partial charge in [-0.15, -0.1) is 10.2 Å². The molecule has 1 aromatic rings. The molecule has 0 saturated carbocycles. The highest BCUT2D eigenvalue weighted by Crippen LogP contribution is 2.33. The molecule has 4 nitrogen and oxygen atoms in total. The molecule has 15 heavy (non-hydrogen) atoms. The van der Waals surface area contributed by atoms with E-state index in [9.17, 15) is 5.11 Å². The quantitative estimate of drug-likeness (QED) is 0.795. The molecule has 2 rings (SSSR count). The van der Waals surface area contributed by atoms with Crippen molar-refractivity contribution >= 4 is 17.4 Å². The minimum absolute atomic E-state index is 0.332. The predicted octanol–water partition coefficient (Wildman–Crippen LogP) is 1.78. The Balaban J connectivity index is 2.45. The van der Waals surface area contributed by atoms with Gasteiger partial charge in [0.2, 0.25) is 0 Å². The van der Waals surface area contributed by atoms with Gasteiger partial charge in [0.15, 0.2) is 11.0 Å². The third kappa shape index (κ3) is 1.92. The van der Waals surface area contributed by atoms with Crippen LogP contribution in [0.15, 0.2) is 6.07 Å². The lowest BCUT2D eigenvalue weighted by molar-refractivity contribution is 0.162. The SMILES string of the molecule is CC(C)N1CCC(O)c2cc(Cl)nnc21. The fourth-order valence-corrected chi connectivity index (χ4v) is 2.02. The van der Waals surface area contributed by atoms with Crippen LogP contribution in [0.4, 0.5) is 5.82 Å². The monoisotopic (exact) mass is 227 g/mol. The molecule has 1 atom stereocenters. The molecule has 0 aromatic carbocycles. The van der Waals surface area contributed by atoms with E-state index in [0.717, 1.165) is 17.9 Å². The standard InChI is InChI=1S/C10H14ClN3O/c1-6(2)14-4-3-8(15)7-5-9(11)12-13-10(7)14/h5-6,8,15H,3-4H2,1-2H3. The van der Waals surface area contributed by atoms with Gasteiger partial charge in [-0.3, -0.25) is 0 Å². The fourth-order valence-electron chi connectivity index (χ4n) is 1.87. The van der Waals surface area contributed by atoms with E-state index in [-0.39, 0.29) is 0 Å². The second kappa shape index (κ2) is 3.94. The van der Waals surface area contributed by atoms with Crippen LogP contribution in [-0.4, -0.2) is 27.9 Å². The predicted molar refractivity (Wildman–Crippen MR) is 59.1 cm³/mol. The molecule has 0 spiro atoms. The molecule has 0 fully saturated rings. The maximum Gasteiger partial charge on any atom is 0.157 e. The summed E-state index contributed by atoms with van der Waals surface area (Å²) in [5.41, 5.74) is 0.787. The van der Waals surface area contributed by atoms with Crippen LogP contribution in [0.2, 0.25) is 5.15 Å². The van der Waals surface area contributed by atoms with Crippen molar-refractivity contribution in [2.45, 2.75) is 32.4 Å². The number of halogens is 1. The average molecular weight is 228 g/mol. The molecule has 0 radical (unpaired) electrons. The lowest BCUT2D eigenvalue weighted by atomic mass is 10.0. The van der Waals surface area contributed by atoms with E-state index in [1.165, 1.54) is 0 Å². The second-order valence-electron chi connectivity index (χ2n) is 4.04. The molecule has 82 valence electrons. The highest BCUT2D eigenvalue weighted by Gasteiger charge is 2.27. The van der Waals surface area contributed by atoms with Gasteiger partial charge in [-0.1, -0.05) is 11.6 Å². The molecular weight excluding hydrogens is 214 g/mol. The van der Waals surface area contributed by atoms with Gasteiger partial charge in [0.25, 0.3) is 0 Å². The van der Waals surface area contributed by atoms with E-state index in [2.05, 4.69) is 28.9 Å².